The van der Waals surface area contributed by atoms with Crippen LogP contribution in [0.15, 0.2) is 34.8 Å². The summed E-state index contributed by atoms with van der Waals surface area (Å²) in [6, 6.07) is 9.97. The lowest BCUT2D eigenvalue weighted by Gasteiger charge is -1.80. The number of hydrogen-bond donors (Lipinski definition) is 0. The normalized spacial score (nSPS) is 9.92. The van der Waals surface area contributed by atoms with Gasteiger partial charge in [-0.25, -0.2) is 8.42 Å². The van der Waals surface area contributed by atoms with E-state index in [9.17, 15) is 8.42 Å². The predicted molar refractivity (Wildman–Crippen MR) is 54.8 cm³/mol. The second-order valence-corrected chi connectivity index (χ2v) is 5.94. The highest BCUT2D eigenvalue weighted by molar-refractivity contribution is 9.10. The molecule has 0 bridgehead atoms. The van der Waals surface area contributed by atoms with Gasteiger partial charge in [0.2, 0.25) is 9.05 Å². The highest BCUT2D eigenvalue weighted by Crippen LogP contribution is 2.05. The Bertz CT molecular complexity index is 301. The van der Waals surface area contributed by atoms with Crippen molar-refractivity contribution in [3.05, 3.63) is 34.8 Å². The van der Waals surface area contributed by atoms with Gasteiger partial charge in [-0.3, -0.25) is 0 Å². The summed E-state index contributed by atoms with van der Waals surface area (Å²) >= 11 is 3.31. The first kappa shape index (κ1) is 11.9. The van der Waals surface area contributed by atoms with Crippen molar-refractivity contribution in [2.75, 3.05) is 6.26 Å². The van der Waals surface area contributed by atoms with Crippen LogP contribution in [0.4, 0.5) is 0 Å². The van der Waals surface area contributed by atoms with Crippen molar-refractivity contribution >= 4 is 35.7 Å². The molecule has 0 saturated carbocycles. The fraction of sp³-hybridized carbons (Fsp3) is 0.143. The Morgan fingerprint density at radius 1 is 1.25 bits per heavy atom. The smallest absolute Gasteiger partial charge is 0.213 e. The van der Waals surface area contributed by atoms with E-state index < -0.39 is 9.05 Å². The zero-order chi connectivity index (χ0) is 9.61. The van der Waals surface area contributed by atoms with Gasteiger partial charge in [-0.05, 0) is 12.1 Å². The molecule has 0 aliphatic carbocycles. The molecule has 0 aliphatic rings. The van der Waals surface area contributed by atoms with Gasteiger partial charge >= 0.3 is 0 Å². The molecule has 12 heavy (non-hydrogen) atoms. The van der Waals surface area contributed by atoms with Crippen LogP contribution in [0.3, 0.4) is 0 Å². The van der Waals surface area contributed by atoms with Gasteiger partial charge in [0.25, 0.3) is 0 Å². The van der Waals surface area contributed by atoms with Crippen LogP contribution in [0.2, 0.25) is 0 Å². The molecule has 68 valence electrons. The van der Waals surface area contributed by atoms with E-state index in [2.05, 4.69) is 26.6 Å². The van der Waals surface area contributed by atoms with Gasteiger partial charge in [0, 0.05) is 15.2 Å². The predicted octanol–water partition coefficient (Wildman–Crippen LogP) is 2.63. The third-order valence-corrected chi connectivity index (χ3v) is 1.26. The fourth-order valence-corrected chi connectivity index (χ4v) is 0.720. The summed E-state index contributed by atoms with van der Waals surface area (Å²) in [5.41, 5.74) is 0. The van der Waals surface area contributed by atoms with Crippen molar-refractivity contribution in [2.45, 2.75) is 0 Å². The molecule has 0 fully saturated rings. The number of halogens is 2. The zero-order valence-electron chi connectivity index (χ0n) is 6.37. The first-order valence-electron chi connectivity index (χ1n) is 3.00. The molecule has 0 saturated heterocycles. The summed E-state index contributed by atoms with van der Waals surface area (Å²) in [5.74, 6) is 0. The molecule has 1 aromatic carbocycles. The first-order valence-corrected chi connectivity index (χ1v) is 6.51. The maximum atomic E-state index is 9.40. The van der Waals surface area contributed by atoms with Crippen molar-refractivity contribution in [1.82, 2.24) is 0 Å². The van der Waals surface area contributed by atoms with E-state index in [0.717, 1.165) is 10.7 Å². The summed E-state index contributed by atoms with van der Waals surface area (Å²) in [7, 11) is 1.31. The molecule has 1 aromatic rings. The monoisotopic (exact) mass is 270 g/mol. The largest absolute Gasteiger partial charge is 0.229 e. The molecule has 0 atom stereocenters. The Morgan fingerprint density at radius 3 is 1.75 bits per heavy atom. The number of hydrogen-bond acceptors (Lipinski definition) is 2. The molecule has 0 aromatic heterocycles. The molecule has 0 unspecified atom stereocenters. The molecule has 0 radical (unpaired) electrons. The van der Waals surface area contributed by atoms with Crippen LogP contribution in [0.1, 0.15) is 0 Å². The molecule has 0 N–H and O–H groups in total. The highest BCUT2D eigenvalue weighted by atomic mass is 79.9. The third-order valence-electron chi connectivity index (χ3n) is 0.733. The Balaban J connectivity index is 0.000000217. The molecule has 0 heterocycles. The molecule has 0 amide bonds. The molecule has 2 nitrogen and oxygen atoms in total. The third kappa shape index (κ3) is 12.6. The molecule has 0 spiro atoms. The van der Waals surface area contributed by atoms with Gasteiger partial charge in [-0.15, -0.1) is 0 Å². The van der Waals surface area contributed by atoms with Crippen LogP contribution >= 0.6 is 26.6 Å². The lowest BCUT2D eigenvalue weighted by Crippen LogP contribution is -1.76. The maximum absolute atomic E-state index is 9.40. The van der Waals surface area contributed by atoms with Crippen LogP contribution in [-0.2, 0) is 9.05 Å². The van der Waals surface area contributed by atoms with E-state index in [-0.39, 0.29) is 0 Å². The summed E-state index contributed by atoms with van der Waals surface area (Å²) in [4.78, 5) is 0. The van der Waals surface area contributed by atoms with E-state index in [1.165, 1.54) is 0 Å². The van der Waals surface area contributed by atoms with Crippen molar-refractivity contribution in [3.63, 3.8) is 0 Å². The van der Waals surface area contributed by atoms with Crippen LogP contribution < -0.4 is 0 Å². The standard InChI is InChI=1S/C6H5Br.CH3ClO2S/c7-6-4-2-1-3-5-6;1-5(2,3)4/h1-5H;1H3. The topological polar surface area (TPSA) is 34.1 Å². The van der Waals surface area contributed by atoms with E-state index >= 15 is 0 Å². The Labute approximate surface area is 85.1 Å². The molecular formula is C7H8BrClO2S. The van der Waals surface area contributed by atoms with E-state index in [4.69, 9.17) is 0 Å². The Kier molecular flexibility index (Phi) is 5.53. The van der Waals surface area contributed by atoms with Gasteiger partial charge in [0.05, 0.1) is 6.26 Å². The van der Waals surface area contributed by atoms with Crippen molar-refractivity contribution in [2.24, 2.45) is 0 Å². The Hall–Kier alpha value is -0.0600. The highest BCUT2D eigenvalue weighted by Gasteiger charge is 1.83. The average Bonchev–Trinajstić information content (AvgIpc) is 1.85. The van der Waals surface area contributed by atoms with Crippen LogP contribution in [0.25, 0.3) is 0 Å². The summed E-state index contributed by atoms with van der Waals surface area (Å²) in [6.07, 6.45) is 0.925. The second-order valence-electron chi connectivity index (χ2n) is 1.98. The molecular weight excluding hydrogens is 263 g/mol. The summed E-state index contributed by atoms with van der Waals surface area (Å²) in [6.45, 7) is 0. The summed E-state index contributed by atoms with van der Waals surface area (Å²) < 4.78 is 19.9. The minimum atomic E-state index is -3.19. The van der Waals surface area contributed by atoms with E-state index in [1.807, 2.05) is 30.3 Å². The van der Waals surface area contributed by atoms with Crippen molar-refractivity contribution in [3.8, 4) is 0 Å². The van der Waals surface area contributed by atoms with Gasteiger partial charge in [-0.2, -0.15) is 0 Å². The summed E-state index contributed by atoms with van der Waals surface area (Å²) in [5, 5.41) is 0. The fourth-order valence-electron chi connectivity index (χ4n) is 0.415. The minimum absolute atomic E-state index is 0.925. The van der Waals surface area contributed by atoms with Crippen LogP contribution in [-0.4, -0.2) is 14.7 Å². The molecule has 1 rings (SSSR count). The molecule has 0 aliphatic heterocycles. The van der Waals surface area contributed by atoms with Gasteiger partial charge in [-0.1, -0.05) is 34.1 Å². The molecule has 5 heteroatoms. The van der Waals surface area contributed by atoms with Gasteiger partial charge in [0.15, 0.2) is 0 Å². The van der Waals surface area contributed by atoms with Crippen LogP contribution in [0.5, 0.6) is 0 Å². The number of rotatable bonds is 0. The quantitative estimate of drug-likeness (QED) is 0.680. The van der Waals surface area contributed by atoms with Gasteiger partial charge < -0.3 is 0 Å². The minimum Gasteiger partial charge on any atom is -0.213 e. The SMILES string of the molecule is Brc1ccccc1.CS(=O)(=O)Cl. The van der Waals surface area contributed by atoms with E-state index in [1.54, 1.807) is 0 Å². The van der Waals surface area contributed by atoms with Crippen molar-refractivity contribution in [1.29, 1.82) is 0 Å². The van der Waals surface area contributed by atoms with Gasteiger partial charge in [0.1, 0.15) is 0 Å². The first-order chi connectivity index (χ1) is 5.39. The lowest BCUT2D eigenvalue weighted by molar-refractivity contribution is 0.615. The van der Waals surface area contributed by atoms with Crippen molar-refractivity contribution < 1.29 is 8.42 Å². The maximum Gasteiger partial charge on any atom is 0.229 e. The van der Waals surface area contributed by atoms with Crippen LogP contribution in [0, 0.1) is 0 Å². The van der Waals surface area contributed by atoms with E-state index in [0.29, 0.717) is 0 Å². The average molecular weight is 272 g/mol. The second kappa shape index (κ2) is 5.56. The number of benzene rings is 1. The zero-order valence-corrected chi connectivity index (χ0v) is 9.53. The lowest BCUT2D eigenvalue weighted by atomic mass is 10.4. The Morgan fingerprint density at radius 2 is 1.58 bits per heavy atom.